The molecule has 0 aliphatic rings. The second kappa shape index (κ2) is 3.06. The number of aryl methyl sites for hydroxylation is 1. The van der Waals surface area contributed by atoms with Crippen LogP contribution in [0.2, 0.25) is 0 Å². The highest BCUT2D eigenvalue weighted by molar-refractivity contribution is 7.10. The average molecular weight is 195 g/mol. The summed E-state index contributed by atoms with van der Waals surface area (Å²) in [5, 5.41) is 1.61. The van der Waals surface area contributed by atoms with Crippen molar-refractivity contribution in [2.75, 3.05) is 0 Å². The summed E-state index contributed by atoms with van der Waals surface area (Å²) in [7, 11) is 0. The van der Waals surface area contributed by atoms with Crippen LogP contribution in [0, 0.1) is 6.92 Å². The van der Waals surface area contributed by atoms with E-state index < -0.39 is 12.2 Å². The Morgan fingerprint density at radius 3 is 2.42 bits per heavy atom. The van der Waals surface area contributed by atoms with Crippen LogP contribution in [0.5, 0.6) is 0 Å². The zero-order chi connectivity index (χ0) is 9.35. The molecular formula is C7H8F3NS. The molecule has 0 bridgehead atoms. The van der Waals surface area contributed by atoms with E-state index >= 15 is 0 Å². The van der Waals surface area contributed by atoms with Gasteiger partial charge < -0.3 is 5.73 Å². The van der Waals surface area contributed by atoms with E-state index in [1.807, 2.05) is 0 Å². The summed E-state index contributed by atoms with van der Waals surface area (Å²) >= 11 is 1.04. The first kappa shape index (κ1) is 9.54. The van der Waals surface area contributed by atoms with E-state index in [9.17, 15) is 13.2 Å². The fraction of sp³-hybridized carbons (Fsp3) is 0.429. The van der Waals surface area contributed by atoms with Crippen LogP contribution in [0.25, 0.3) is 0 Å². The Bertz CT molecular complexity index is 266. The molecule has 0 aliphatic carbocycles. The molecule has 0 spiro atoms. The number of halogens is 3. The second-order valence-electron chi connectivity index (χ2n) is 2.49. The van der Waals surface area contributed by atoms with Crippen LogP contribution in [0.15, 0.2) is 11.4 Å². The Labute approximate surface area is 72.0 Å². The lowest BCUT2D eigenvalue weighted by molar-refractivity contribution is -0.148. The zero-order valence-electron chi connectivity index (χ0n) is 6.35. The van der Waals surface area contributed by atoms with Gasteiger partial charge in [-0.25, -0.2) is 0 Å². The topological polar surface area (TPSA) is 26.0 Å². The summed E-state index contributed by atoms with van der Waals surface area (Å²) in [6.07, 6.45) is -4.34. The maximum absolute atomic E-state index is 12.1. The van der Waals surface area contributed by atoms with Gasteiger partial charge in [0.2, 0.25) is 0 Å². The molecule has 0 fully saturated rings. The molecular weight excluding hydrogens is 187 g/mol. The molecule has 68 valence electrons. The molecule has 0 radical (unpaired) electrons. The Kier molecular flexibility index (Phi) is 2.44. The van der Waals surface area contributed by atoms with E-state index in [1.54, 1.807) is 18.4 Å². The normalized spacial score (nSPS) is 14.8. The third-order valence-electron chi connectivity index (χ3n) is 1.54. The molecule has 0 saturated carbocycles. The quantitative estimate of drug-likeness (QED) is 0.732. The SMILES string of the molecule is Cc1ccsc1C(N)C(F)(F)F. The van der Waals surface area contributed by atoms with Crippen molar-refractivity contribution < 1.29 is 13.2 Å². The summed E-state index contributed by atoms with van der Waals surface area (Å²) in [6, 6.07) is -0.205. The average Bonchev–Trinajstić information content (AvgIpc) is 2.31. The fourth-order valence-electron chi connectivity index (χ4n) is 0.852. The van der Waals surface area contributed by atoms with E-state index in [0.717, 1.165) is 11.3 Å². The highest BCUT2D eigenvalue weighted by atomic mass is 32.1. The lowest BCUT2D eigenvalue weighted by Crippen LogP contribution is -2.28. The summed E-state index contributed by atoms with van der Waals surface area (Å²) in [5.74, 6) is 0. The van der Waals surface area contributed by atoms with Crippen molar-refractivity contribution in [3.8, 4) is 0 Å². The van der Waals surface area contributed by atoms with Gasteiger partial charge in [-0.15, -0.1) is 11.3 Å². The van der Waals surface area contributed by atoms with Gasteiger partial charge in [0.15, 0.2) is 0 Å². The van der Waals surface area contributed by atoms with E-state index in [4.69, 9.17) is 5.73 Å². The Hall–Kier alpha value is -0.550. The number of hydrogen-bond acceptors (Lipinski definition) is 2. The number of nitrogens with two attached hydrogens (primary N) is 1. The van der Waals surface area contributed by atoms with Gasteiger partial charge >= 0.3 is 6.18 Å². The predicted molar refractivity (Wildman–Crippen MR) is 42.0 cm³/mol. The van der Waals surface area contributed by atoms with Gasteiger partial charge in [0, 0.05) is 4.88 Å². The van der Waals surface area contributed by atoms with Gasteiger partial charge in [-0.05, 0) is 23.9 Å². The summed E-state index contributed by atoms with van der Waals surface area (Å²) in [4.78, 5) is 0.197. The smallest absolute Gasteiger partial charge is 0.316 e. The van der Waals surface area contributed by atoms with Crippen molar-refractivity contribution >= 4 is 11.3 Å². The van der Waals surface area contributed by atoms with Gasteiger partial charge in [-0.3, -0.25) is 0 Å². The summed E-state index contributed by atoms with van der Waals surface area (Å²) in [6.45, 7) is 1.62. The molecule has 1 aromatic heterocycles. The number of rotatable bonds is 1. The van der Waals surface area contributed by atoms with Crippen molar-refractivity contribution in [3.63, 3.8) is 0 Å². The Morgan fingerprint density at radius 2 is 2.08 bits per heavy atom. The van der Waals surface area contributed by atoms with Crippen molar-refractivity contribution in [1.82, 2.24) is 0 Å². The molecule has 12 heavy (non-hydrogen) atoms. The van der Waals surface area contributed by atoms with Crippen molar-refractivity contribution in [2.45, 2.75) is 19.1 Å². The first-order valence-corrected chi connectivity index (χ1v) is 4.17. The van der Waals surface area contributed by atoms with E-state index in [0.29, 0.717) is 5.56 Å². The molecule has 0 saturated heterocycles. The van der Waals surface area contributed by atoms with Crippen molar-refractivity contribution in [3.05, 3.63) is 21.9 Å². The molecule has 1 heterocycles. The monoisotopic (exact) mass is 195 g/mol. The molecule has 1 nitrogen and oxygen atoms in total. The highest BCUT2D eigenvalue weighted by Crippen LogP contribution is 2.34. The summed E-state index contributed by atoms with van der Waals surface area (Å²) in [5.41, 5.74) is 5.60. The van der Waals surface area contributed by atoms with Gasteiger partial charge in [-0.2, -0.15) is 13.2 Å². The molecule has 5 heteroatoms. The molecule has 1 unspecified atom stereocenters. The third-order valence-corrected chi connectivity index (χ3v) is 2.64. The second-order valence-corrected chi connectivity index (χ2v) is 3.43. The predicted octanol–water partition coefficient (Wildman–Crippen LogP) is 2.62. The highest BCUT2D eigenvalue weighted by Gasteiger charge is 2.39. The number of hydrogen-bond donors (Lipinski definition) is 1. The van der Waals surface area contributed by atoms with Crippen LogP contribution >= 0.6 is 11.3 Å². The van der Waals surface area contributed by atoms with Gasteiger partial charge in [-0.1, -0.05) is 0 Å². The van der Waals surface area contributed by atoms with Gasteiger partial charge in [0.05, 0.1) is 0 Å². The molecule has 0 aromatic carbocycles. The molecule has 1 atom stereocenters. The standard InChI is InChI=1S/C7H8F3NS/c1-4-2-3-12-5(4)6(11)7(8,9)10/h2-3,6H,11H2,1H3. The molecule has 0 amide bonds. The van der Waals surface area contributed by atoms with E-state index in [-0.39, 0.29) is 4.88 Å². The number of thiophene rings is 1. The minimum atomic E-state index is -4.34. The van der Waals surface area contributed by atoms with E-state index in [1.165, 1.54) is 0 Å². The maximum Gasteiger partial charge on any atom is 0.408 e. The first-order valence-electron chi connectivity index (χ1n) is 3.29. The Morgan fingerprint density at radius 1 is 1.50 bits per heavy atom. The minimum Gasteiger partial charge on any atom is -0.316 e. The van der Waals surface area contributed by atoms with Gasteiger partial charge in [0.25, 0.3) is 0 Å². The molecule has 0 aliphatic heterocycles. The van der Waals surface area contributed by atoms with Crippen molar-refractivity contribution in [1.29, 1.82) is 0 Å². The van der Waals surface area contributed by atoms with Crippen LogP contribution < -0.4 is 5.73 Å². The van der Waals surface area contributed by atoms with Crippen molar-refractivity contribution in [2.24, 2.45) is 5.73 Å². The molecule has 1 rings (SSSR count). The van der Waals surface area contributed by atoms with Crippen LogP contribution in [0.1, 0.15) is 16.5 Å². The Balaban J connectivity index is 2.92. The van der Waals surface area contributed by atoms with Crippen LogP contribution in [0.3, 0.4) is 0 Å². The minimum absolute atomic E-state index is 0.197. The maximum atomic E-state index is 12.1. The lowest BCUT2D eigenvalue weighted by Gasteiger charge is -2.14. The fourth-order valence-corrected chi connectivity index (χ4v) is 1.80. The van der Waals surface area contributed by atoms with Crippen LogP contribution in [0.4, 0.5) is 13.2 Å². The molecule has 2 N–H and O–H groups in total. The van der Waals surface area contributed by atoms with Gasteiger partial charge in [0.1, 0.15) is 6.04 Å². The first-order chi connectivity index (χ1) is 5.43. The lowest BCUT2D eigenvalue weighted by atomic mass is 10.2. The van der Waals surface area contributed by atoms with E-state index in [2.05, 4.69) is 0 Å². The number of alkyl halides is 3. The van der Waals surface area contributed by atoms with Crippen LogP contribution in [-0.2, 0) is 0 Å². The zero-order valence-corrected chi connectivity index (χ0v) is 7.17. The molecule has 1 aromatic rings. The largest absolute Gasteiger partial charge is 0.408 e. The third kappa shape index (κ3) is 1.78. The van der Waals surface area contributed by atoms with Crippen LogP contribution in [-0.4, -0.2) is 6.18 Å². The summed E-state index contributed by atoms with van der Waals surface area (Å²) < 4.78 is 36.2.